The fraction of sp³-hybridized carbons (Fsp3) is 0.611. The van der Waals surface area contributed by atoms with Crippen LogP contribution in [0.1, 0.15) is 56.7 Å². The standard InChI is InChI=1S/C18H26N4O3/c1-10-12(13-15(25-10)19-9-22(6)16(13)24)14(23)20-11-7-17(2,3)21-18(4,5)8-11/h9,11,21H,7-8H2,1-6H3,(H,20,23). The summed E-state index contributed by atoms with van der Waals surface area (Å²) in [4.78, 5) is 29.5. The van der Waals surface area contributed by atoms with E-state index in [2.05, 4.69) is 43.3 Å². The Kier molecular flexibility index (Phi) is 4.02. The van der Waals surface area contributed by atoms with Crippen LogP contribution in [0.25, 0.3) is 11.1 Å². The first-order chi connectivity index (χ1) is 11.5. The molecule has 1 saturated heterocycles. The van der Waals surface area contributed by atoms with Crippen LogP contribution in [0.5, 0.6) is 0 Å². The van der Waals surface area contributed by atoms with Crippen LogP contribution in [-0.2, 0) is 7.05 Å². The molecule has 2 aromatic rings. The van der Waals surface area contributed by atoms with E-state index in [0.29, 0.717) is 5.76 Å². The highest BCUT2D eigenvalue weighted by Crippen LogP contribution is 2.29. The summed E-state index contributed by atoms with van der Waals surface area (Å²) in [6.45, 7) is 10.2. The van der Waals surface area contributed by atoms with Gasteiger partial charge in [-0.1, -0.05) is 0 Å². The van der Waals surface area contributed by atoms with Crippen molar-refractivity contribution in [3.05, 3.63) is 28.0 Å². The number of piperidine rings is 1. The number of nitrogens with zero attached hydrogens (tertiary/aromatic N) is 2. The fourth-order valence-electron chi connectivity index (χ4n) is 4.14. The molecule has 0 aliphatic carbocycles. The third kappa shape index (κ3) is 3.33. The maximum absolute atomic E-state index is 12.9. The first-order valence-electron chi connectivity index (χ1n) is 8.54. The minimum absolute atomic E-state index is 0.0172. The van der Waals surface area contributed by atoms with Crippen molar-refractivity contribution in [1.29, 1.82) is 0 Å². The zero-order valence-corrected chi connectivity index (χ0v) is 15.7. The predicted octanol–water partition coefficient (Wildman–Crippen LogP) is 1.87. The van der Waals surface area contributed by atoms with Crippen LogP contribution in [0.2, 0.25) is 0 Å². The molecular weight excluding hydrogens is 320 g/mol. The van der Waals surface area contributed by atoms with Crippen LogP contribution in [0, 0.1) is 6.92 Å². The molecule has 3 rings (SSSR count). The van der Waals surface area contributed by atoms with Crippen LogP contribution >= 0.6 is 0 Å². The second-order valence-electron chi connectivity index (χ2n) is 8.35. The number of hydrogen-bond acceptors (Lipinski definition) is 5. The molecule has 0 atom stereocenters. The van der Waals surface area contributed by atoms with Crippen LogP contribution in [0.4, 0.5) is 0 Å². The summed E-state index contributed by atoms with van der Waals surface area (Å²) in [6.07, 6.45) is 3.02. The average molecular weight is 346 g/mol. The maximum atomic E-state index is 12.9. The zero-order chi connectivity index (χ0) is 18.6. The SMILES string of the molecule is Cc1oc2ncn(C)c(=O)c2c1C(=O)NC1CC(C)(C)NC(C)(C)C1. The number of furan rings is 1. The molecule has 0 saturated carbocycles. The second kappa shape index (κ2) is 5.69. The Hall–Kier alpha value is -2.15. The van der Waals surface area contributed by atoms with Crippen LogP contribution in [-0.4, -0.2) is 32.6 Å². The first-order valence-corrected chi connectivity index (χ1v) is 8.54. The highest BCUT2D eigenvalue weighted by Gasteiger charge is 2.38. The molecule has 3 heterocycles. The molecule has 7 heteroatoms. The van der Waals surface area contributed by atoms with E-state index in [1.807, 2.05) is 0 Å². The normalized spacial score (nSPS) is 19.9. The molecule has 2 N–H and O–H groups in total. The van der Waals surface area contributed by atoms with Crippen molar-refractivity contribution in [2.45, 2.75) is 64.6 Å². The molecule has 25 heavy (non-hydrogen) atoms. The van der Waals surface area contributed by atoms with Gasteiger partial charge in [0.1, 0.15) is 17.5 Å². The van der Waals surface area contributed by atoms with Gasteiger partial charge in [-0.2, -0.15) is 0 Å². The summed E-state index contributed by atoms with van der Waals surface area (Å²) in [5.41, 5.74) is 0.0584. The molecule has 0 aromatic carbocycles. The number of fused-ring (bicyclic) bond motifs is 1. The molecule has 1 fully saturated rings. The summed E-state index contributed by atoms with van der Waals surface area (Å²) in [5.74, 6) is 0.135. The van der Waals surface area contributed by atoms with E-state index < -0.39 is 0 Å². The van der Waals surface area contributed by atoms with E-state index in [-0.39, 0.29) is 45.2 Å². The van der Waals surface area contributed by atoms with E-state index in [4.69, 9.17) is 4.42 Å². The molecular formula is C18H26N4O3. The Morgan fingerprint density at radius 3 is 2.52 bits per heavy atom. The van der Waals surface area contributed by atoms with Crippen molar-refractivity contribution in [1.82, 2.24) is 20.2 Å². The van der Waals surface area contributed by atoms with Gasteiger partial charge >= 0.3 is 0 Å². The molecule has 1 aliphatic heterocycles. The van der Waals surface area contributed by atoms with Crippen LogP contribution < -0.4 is 16.2 Å². The topological polar surface area (TPSA) is 89.2 Å². The van der Waals surface area contributed by atoms with Crippen molar-refractivity contribution in [3.8, 4) is 0 Å². The van der Waals surface area contributed by atoms with Crippen LogP contribution in [0.3, 0.4) is 0 Å². The lowest BCUT2D eigenvalue weighted by Crippen LogP contribution is -2.62. The zero-order valence-electron chi connectivity index (χ0n) is 15.7. The summed E-state index contributed by atoms with van der Waals surface area (Å²) in [6, 6.07) is 0.0172. The van der Waals surface area contributed by atoms with Crippen LogP contribution in [0.15, 0.2) is 15.5 Å². The number of carbonyl (C=O) groups is 1. The van der Waals surface area contributed by atoms with Crippen molar-refractivity contribution >= 4 is 17.0 Å². The molecule has 136 valence electrons. The highest BCUT2D eigenvalue weighted by atomic mass is 16.3. The predicted molar refractivity (Wildman–Crippen MR) is 95.8 cm³/mol. The summed E-state index contributed by atoms with van der Waals surface area (Å²) >= 11 is 0. The maximum Gasteiger partial charge on any atom is 0.265 e. The largest absolute Gasteiger partial charge is 0.442 e. The van der Waals surface area contributed by atoms with Crippen molar-refractivity contribution in [2.75, 3.05) is 0 Å². The number of hydrogen-bond donors (Lipinski definition) is 2. The minimum atomic E-state index is -0.280. The highest BCUT2D eigenvalue weighted by molar-refractivity contribution is 6.06. The van der Waals surface area contributed by atoms with E-state index in [0.717, 1.165) is 12.8 Å². The van der Waals surface area contributed by atoms with E-state index in [1.54, 1.807) is 14.0 Å². The number of rotatable bonds is 2. The number of aromatic nitrogens is 2. The molecule has 0 radical (unpaired) electrons. The Labute approximate surface area is 146 Å². The Morgan fingerprint density at radius 2 is 1.92 bits per heavy atom. The van der Waals surface area contributed by atoms with Gasteiger partial charge in [-0.3, -0.25) is 9.59 Å². The molecule has 0 unspecified atom stereocenters. The van der Waals surface area contributed by atoms with Gasteiger partial charge in [0.15, 0.2) is 0 Å². The van der Waals surface area contributed by atoms with E-state index in [1.165, 1.54) is 10.9 Å². The van der Waals surface area contributed by atoms with Gasteiger partial charge in [-0.25, -0.2) is 4.98 Å². The molecule has 1 aliphatic rings. The van der Waals surface area contributed by atoms with E-state index in [9.17, 15) is 9.59 Å². The number of carbonyl (C=O) groups excluding carboxylic acids is 1. The lowest BCUT2D eigenvalue weighted by atomic mass is 9.79. The number of nitrogens with one attached hydrogen (secondary N) is 2. The van der Waals surface area contributed by atoms with Gasteiger partial charge in [0.05, 0.1) is 5.56 Å². The Morgan fingerprint density at radius 1 is 1.32 bits per heavy atom. The first kappa shape index (κ1) is 17.7. The van der Waals surface area contributed by atoms with Gasteiger partial charge in [0, 0.05) is 24.2 Å². The third-order valence-corrected chi connectivity index (χ3v) is 4.70. The minimum Gasteiger partial charge on any atom is -0.442 e. The van der Waals surface area contributed by atoms with Gasteiger partial charge in [0.2, 0.25) is 5.71 Å². The Balaban J connectivity index is 1.94. The van der Waals surface area contributed by atoms with Crippen molar-refractivity contribution in [3.63, 3.8) is 0 Å². The van der Waals surface area contributed by atoms with Gasteiger partial charge in [0.25, 0.3) is 11.5 Å². The van der Waals surface area contributed by atoms with E-state index >= 15 is 0 Å². The quantitative estimate of drug-likeness (QED) is 0.866. The van der Waals surface area contributed by atoms with Crippen molar-refractivity contribution in [2.24, 2.45) is 7.05 Å². The lowest BCUT2D eigenvalue weighted by Gasteiger charge is -2.46. The lowest BCUT2D eigenvalue weighted by molar-refractivity contribution is 0.0873. The molecule has 1 amide bonds. The number of amides is 1. The summed E-state index contributed by atoms with van der Waals surface area (Å²) < 4.78 is 6.88. The second-order valence-corrected chi connectivity index (χ2v) is 8.35. The van der Waals surface area contributed by atoms with Gasteiger partial charge < -0.3 is 19.6 Å². The Bertz CT molecular complexity index is 876. The number of aryl methyl sites for hydroxylation is 2. The summed E-state index contributed by atoms with van der Waals surface area (Å²) in [5, 5.41) is 6.93. The van der Waals surface area contributed by atoms with Gasteiger partial charge in [-0.15, -0.1) is 0 Å². The monoisotopic (exact) mass is 346 g/mol. The molecule has 0 bridgehead atoms. The fourth-order valence-corrected chi connectivity index (χ4v) is 4.14. The molecule has 2 aromatic heterocycles. The van der Waals surface area contributed by atoms with Gasteiger partial charge in [-0.05, 0) is 47.5 Å². The summed E-state index contributed by atoms with van der Waals surface area (Å²) in [7, 11) is 1.61. The average Bonchev–Trinajstić information content (AvgIpc) is 2.76. The van der Waals surface area contributed by atoms with Crippen molar-refractivity contribution < 1.29 is 9.21 Å². The molecule has 0 spiro atoms. The third-order valence-electron chi connectivity index (χ3n) is 4.70. The molecule has 7 nitrogen and oxygen atoms in total. The smallest absolute Gasteiger partial charge is 0.265 e.